The van der Waals surface area contributed by atoms with E-state index in [4.69, 9.17) is 16.3 Å². The standard InChI is InChI=1S/C29H40ClN3O3/c1-33(2)29(20-23-10-7-11-24(30)18-23)16-14-25(15-17-29)31-27(34)12-13-28(35)32-26(21-36-3)19-22-8-5-4-6-9-22/h4-11,18,25-26H,12-17,19-21H2,1-3H3,(H,31,34)(H,32,35). The van der Waals surface area contributed by atoms with Crippen LogP contribution in [0.5, 0.6) is 0 Å². The number of hydrogen-bond acceptors (Lipinski definition) is 4. The lowest BCUT2D eigenvalue weighted by Gasteiger charge is -2.45. The van der Waals surface area contributed by atoms with Crippen LogP contribution in [-0.4, -0.2) is 62.1 Å². The van der Waals surface area contributed by atoms with E-state index in [9.17, 15) is 9.59 Å². The Hall–Kier alpha value is -2.41. The fourth-order valence-corrected chi connectivity index (χ4v) is 5.40. The molecule has 0 spiro atoms. The van der Waals surface area contributed by atoms with Gasteiger partial charge in [0.1, 0.15) is 0 Å². The number of carbonyl (C=O) groups is 2. The molecular weight excluding hydrogens is 474 g/mol. The lowest BCUT2D eigenvalue weighted by atomic mass is 9.75. The van der Waals surface area contributed by atoms with Gasteiger partial charge in [0.15, 0.2) is 0 Å². The van der Waals surface area contributed by atoms with Crippen molar-refractivity contribution < 1.29 is 14.3 Å². The molecule has 1 atom stereocenters. The minimum Gasteiger partial charge on any atom is -0.383 e. The fourth-order valence-electron chi connectivity index (χ4n) is 5.19. The third kappa shape index (κ3) is 8.61. The van der Waals surface area contributed by atoms with Crippen LogP contribution in [0.2, 0.25) is 5.02 Å². The molecule has 1 aliphatic rings. The van der Waals surface area contributed by atoms with Crippen LogP contribution in [0, 0.1) is 0 Å². The second-order valence-electron chi connectivity index (χ2n) is 10.2. The van der Waals surface area contributed by atoms with Crippen LogP contribution in [0.1, 0.15) is 49.7 Å². The average Bonchev–Trinajstić information content (AvgIpc) is 2.85. The predicted molar refractivity (Wildman–Crippen MR) is 145 cm³/mol. The van der Waals surface area contributed by atoms with E-state index in [1.807, 2.05) is 48.5 Å². The molecule has 3 rings (SSSR count). The molecule has 6 nitrogen and oxygen atoms in total. The quantitative estimate of drug-likeness (QED) is 0.441. The van der Waals surface area contributed by atoms with Gasteiger partial charge in [-0.2, -0.15) is 0 Å². The highest BCUT2D eigenvalue weighted by Crippen LogP contribution is 2.36. The second-order valence-corrected chi connectivity index (χ2v) is 10.6. The summed E-state index contributed by atoms with van der Waals surface area (Å²) >= 11 is 6.20. The highest BCUT2D eigenvalue weighted by molar-refractivity contribution is 6.30. The first-order chi connectivity index (χ1) is 17.3. The molecule has 0 heterocycles. The number of nitrogens with zero attached hydrogens (tertiary/aromatic N) is 1. The lowest BCUT2D eigenvalue weighted by Crippen LogP contribution is -2.52. The Morgan fingerprint density at radius 2 is 1.69 bits per heavy atom. The van der Waals surface area contributed by atoms with Crippen LogP contribution in [0.25, 0.3) is 0 Å². The van der Waals surface area contributed by atoms with Crippen molar-refractivity contribution in [2.45, 2.75) is 69.0 Å². The molecule has 2 amide bonds. The van der Waals surface area contributed by atoms with Gasteiger partial charge in [-0.1, -0.05) is 54.1 Å². The predicted octanol–water partition coefficient (Wildman–Crippen LogP) is 4.40. The van der Waals surface area contributed by atoms with Crippen molar-refractivity contribution in [3.8, 4) is 0 Å². The van der Waals surface area contributed by atoms with Crippen molar-refractivity contribution in [1.29, 1.82) is 0 Å². The molecule has 1 aliphatic carbocycles. The highest BCUT2D eigenvalue weighted by Gasteiger charge is 2.37. The smallest absolute Gasteiger partial charge is 0.220 e. The summed E-state index contributed by atoms with van der Waals surface area (Å²) in [6.45, 7) is 0.428. The van der Waals surface area contributed by atoms with Gasteiger partial charge in [-0.3, -0.25) is 9.59 Å². The molecule has 0 aromatic heterocycles. The van der Waals surface area contributed by atoms with E-state index in [1.54, 1.807) is 7.11 Å². The number of hydrogen-bond donors (Lipinski definition) is 2. The van der Waals surface area contributed by atoms with Gasteiger partial charge in [0, 0.05) is 36.6 Å². The van der Waals surface area contributed by atoms with Crippen LogP contribution in [0.3, 0.4) is 0 Å². The Morgan fingerprint density at radius 1 is 1.03 bits per heavy atom. The Balaban J connectivity index is 1.43. The Labute approximate surface area is 220 Å². The number of ether oxygens (including phenoxy) is 1. The van der Waals surface area contributed by atoms with E-state index in [0.29, 0.717) is 13.0 Å². The third-order valence-electron chi connectivity index (χ3n) is 7.29. The number of likely N-dealkylation sites (N-methyl/N-ethyl adjacent to an activating group) is 1. The number of rotatable bonds is 12. The average molecular weight is 514 g/mol. The zero-order valence-electron chi connectivity index (χ0n) is 21.8. The molecule has 0 saturated heterocycles. The van der Waals surface area contributed by atoms with Gasteiger partial charge in [-0.15, -0.1) is 0 Å². The number of carbonyl (C=O) groups excluding carboxylic acids is 2. The summed E-state index contributed by atoms with van der Waals surface area (Å²) in [5.41, 5.74) is 2.43. The summed E-state index contributed by atoms with van der Waals surface area (Å²) in [5.74, 6) is -0.186. The van der Waals surface area contributed by atoms with E-state index >= 15 is 0 Å². The van der Waals surface area contributed by atoms with Crippen LogP contribution < -0.4 is 10.6 Å². The van der Waals surface area contributed by atoms with Crippen molar-refractivity contribution in [3.05, 3.63) is 70.7 Å². The van der Waals surface area contributed by atoms with E-state index in [2.05, 4.69) is 35.7 Å². The van der Waals surface area contributed by atoms with Crippen LogP contribution in [-0.2, 0) is 27.2 Å². The molecule has 2 aromatic rings. The number of nitrogens with one attached hydrogen (secondary N) is 2. The van der Waals surface area contributed by atoms with E-state index in [1.165, 1.54) is 5.56 Å². The largest absolute Gasteiger partial charge is 0.383 e. The fraction of sp³-hybridized carbons (Fsp3) is 0.517. The number of amides is 2. The van der Waals surface area contributed by atoms with E-state index in [0.717, 1.165) is 42.7 Å². The summed E-state index contributed by atoms with van der Waals surface area (Å²) in [7, 11) is 5.90. The maximum atomic E-state index is 12.6. The molecule has 1 fully saturated rings. The van der Waals surface area contributed by atoms with Gasteiger partial charge in [-0.05, 0) is 75.9 Å². The molecule has 2 aromatic carbocycles. The Kier molecular flexibility index (Phi) is 10.8. The summed E-state index contributed by atoms with van der Waals surface area (Å²) < 4.78 is 5.28. The second kappa shape index (κ2) is 13.8. The first-order valence-corrected chi connectivity index (χ1v) is 13.2. The summed E-state index contributed by atoms with van der Waals surface area (Å²) in [6, 6.07) is 18.1. The Morgan fingerprint density at radius 3 is 2.33 bits per heavy atom. The third-order valence-corrected chi connectivity index (χ3v) is 7.52. The molecule has 36 heavy (non-hydrogen) atoms. The van der Waals surface area contributed by atoms with Crippen LogP contribution in [0.15, 0.2) is 54.6 Å². The van der Waals surface area contributed by atoms with Gasteiger partial charge in [0.25, 0.3) is 0 Å². The molecular formula is C29H40ClN3O3. The zero-order valence-corrected chi connectivity index (χ0v) is 22.5. The first-order valence-electron chi connectivity index (χ1n) is 12.8. The van der Waals surface area contributed by atoms with Gasteiger partial charge in [0.05, 0.1) is 12.6 Å². The van der Waals surface area contributed by atoms with Crippen molar-refractivity contribution in [1.82, 2.24) is 15.5 Å². The number of halogens is 1. The molecule has 7 heteroatoms. The molecule has 2 N–H and O–H groups in total. The normalized spacial score (nSPS) is 20.6. The van der Waals surface area contributed by atoms with Gasteiger partial charge < -0.3 is 20.3 Å². The minimum atomic E-state index is -0.125. The summed E-state index contributed by atoms with van der Waals surface area (Å²) in [6.07, 6.45) is 5.82. The minimum absolute atomic E-state index is 0.0565. The van der Waals surface area contributed by atoms with E-state index in [-0.39, 0.29) is 42.3 Å². The van der Waals surface area contributed by atoms with Gasteiger partial charge in [0.2, 0.25) is 11.8 Å². The maximum Gasteiger partial charge on any atom is 0.220 e. The van der Waals surface area contributed by atoms with Crippen molar-refractivity contribution in [2.75, 3.05) is 27.8 Å². The topological polar surface area (TPSA) is 70.7 Å². The van der Waals surface area contributed by atoms with Crippen molar-refractivity contribution in [3.63, 3.8) is 0 Å². The number of benzene rings is 2. The highest BCUT2D eigenvalue weighted by atomic mass is 35.5. The maximum absolute atomic E-state index is 12.6. The molecule has 1 saturated carbocycles. The van der Waals surface area contributed by atoms with E-state index < -0.39 is 0 Å². The lowest BCUT2D eigenvalue weighted by molar-refractivity contribution is -0.127. The molecule has 0 bridgehead atoms. The molecule has 0 aliphatic heterocycles. The summed E-state index contributed by atoms with van der Waals surface area (Å²) in [4.78, 5) is 27.4. The monoisotopic (exact) mass is 513 g/mol. The van der Waals surface area contributed by atoms with Crippen molar-refractivity contribution >= 4 is 23.4 Å². The Bertz CT molecular complexity index is 975. The molecule has 196 valence electrons. The SMILES string of the molecule is COCC(Cc1ccccc1)NC(=O)CCC(=O)NC1CCC(Cc2cccc(Cl)c2)(N(C)C)CC1. The van der Waals surface area contributed by atoms with Crippen LogP contribution >= 0.6 is 11.6 Å². The first kappa shape index (κ1) is 28.2. The number of methoxy groups -OCH3 is 1. The summed E-state index contributed by atoms with van der Waals surface area (Å²) in [5, 5.41) is 6.94. The van der Waals surface area contributed by atoms with Crippen molar-refractivity contribution in [2.24, 2.45) is 0 Å². The molecule has 0 radical (unpaired) electrons. The zero-order chi connectivity index (χ0) is 26.0. The molecule has 1 unspecified atom stereocenters. The van der Waals surface area contributed by atoms with Gasteiger partial charge >= 0.3 is 0 Å². The van der Waals surface area contributed by atoms with Crippen LogP contribution in [0.4, 0.5) is 0 Å². The van der Waals surface area contributed by atoms with Gasteiger partial charge in [-0.25, -0.2) is 0 Å².